The van der Waals surface area contributed by atoms with E-state index in [2.05, 4.69) is 12.2 Å². The van der Waals surface area contributed by atoms with E-state index in [9.17, 15) is 4.39 Å². The Labute approximate surface area is 113 Å². The van der Waals surface area contributed by atoms with Crippen molar-refractivity contribution in [1.82, 2.24) is 0 Å². The van der Waals surface area contributed by atoms with Gasteiger partial charge in [-0.3, -0.25) is 0 Å². The van der Waals surface area contributed by atoms with Crippen molar-refractivity contribution in [2.75, 3.05) is 12.4 Å². The fourth-order valence-corrected chi connectivity index (χ4v) is 2.13. The summed E-state index contributed by atoms with van der Waals surface area (Å²) in [6.45, 7) is 2.09. The third-order valence-electron chi connectivity index (χ3n) is 3.09. The molecule has 1 unspecified atom stereocenters. The minimum absolute atomic E-state index is 0.0953. The Kier molecular flexibility index (Phi) is 4.39. The van der Waals surface area contributed by atoms with E-state index >= 15 is 0 Å². The first-order chi connectivity index (χ1) is 9.24. The monoisotopic (exact) mass is 259 g/mol. The number of rotatable bonds is 5. The Balaban J connectivity index is 2.25. The molecule has 0 aliphatic heterocycles. The molecule has 0 spiro atoms. The quantitative estimate of drug-likeness (QED) is 0.859. The van der Waals surface area contributed by atoms with Gasteiger partial charge in [-0.05, 0) is 30.7 Å². The van der Waals surface area contributed by atoms with Crippen LogP contribution in [0.4, 0.5) is 10.1 Å². The predicted molar refractivity (Wildman–Crippen MR) is 76.0 cm³/mol. The third-order valence-corrected chi connectivity index (χ3v) is 3.09. The number of methoxy groups -OCH3 is 1. The molecule has 0 saturated carbocycles. The first kappa shape index (κ1) is 13.4. The minimum Gasteiger partial charge on any atom is -0.496 e. The van der Waals surface area contributed by atoms with E-state index in [1.165, 1.54) is 12.1 Å². The predicted octanol–water partition coefficient (Wildman–Crippen LogP) is 4.40. The van der Waals surface area contributed by atoms with E-state index < -0.39 is 0 Å². The highest BCUT2D eigenvalue weighted by molar-refractivity contribution is 5.48. The standard InChI is InChI=1S/C16H18FNO/c1-3-15(14-9-4-5-10-16(14)19-2)18-13-8-6-7-12(17)11-13/h4-11,15,18H,3H2,1-2H3. The van der Waals surface area contributed by atoms with Crippen molar-refractivity contribution in [3.63, 3.8) is 0 Å². The van der Waals surface area contributed by atoms with Gasteiger partial charge < -0.3 is 10.1 Å². The average Bonchev–Trinajstić information content (AvgIpc) is 2.45. The van der Waals surface area contributed by atoms with Crippen LogP contribution in [0.25, 0.3) is 0 Å². The zero-order chi connectivity index (χ0) is 13.7. The molecular formula is C16H18FNO. The molecule has 0 aromatic heterocycles. The Morgan fingerprint density at radius 2 is 1.95 bits per heavy atom. The van der Waals surface area contributed by atoms with Gasteiger partial charge in [0.05, 0.1) is 13.2 Å². The van der Waals surface area contributed by atoms with Crippen LogP contribution in [-0.4, -0.2) is 7.11 Å². The van der Waals surface area contributed by atoms with E-state index in [1.54, 1.807) is 13.2 Å². The van der Waals surface area contributed by atoms with Gasteiger partial charge in [0, 0.05) is 11.3 Å². The Hall–Kier alpha value is -2.03. The van der Waals surface area contributed by atoms with Gasteiger partial charge >= 0.3 is 0 Å². The molecular weight excluding hydrogens is 241 g/mol. The second-order valence-corrected chi connectivity index (χ2v) is 4.36. The molecule has 0 fully saturated rings. The van der Waals surface area contributed by atoms with Gasteiger partial charge in [0.25, 0.3) is 0 Å². The number of ether oxygens (including phenoxy) is 1. The highest BCUT2D eigenvalue weighted by atomic mass is 19.1. The summed E-state index contributed by atoms with van der Waals surface area (Å²) in [5.74, 6) is 0.609. The summed E-state index contributed by atoms with van der Waals surface area (Å²) in [5.41, 5.74) is 1.86. The van der Waals surface area contributed by atoms with Crippen molar-refractivity contribution in [2.45, 2.75) is 19.4 Å². The SMILES string of the molecule is CCC(Nc1cccc(F)c1)c1ccccc1OC. The highest BCUT2D eigenvalue weighted by Gasteiger charge is 2.13. The van der Waals surface area contributed by atoms with Gasteiger partial charge in [-0.15, -0.1) is 0 Å². The lowest BCUT2D eigenvalue weighted by molar-refractivity contribution is 0.406. The number of anilines is 1. The molecule has 0 heterocycles. The second kappa shape index (κ2) is 6.23. The number of halogens is 1. The number of para-hydroxylation sites is 1. The first-order valence-corrected chi connectivity index (χ1v) is 6.39. The van der Waals surface area contributed by atoms with Crippen LogP contribution in [0.15, 0.2) is 48.5 Å². The lowest BCUT2D eigenvalue weighted by Gasteiger charge is -2.21. The number of hydrogen-bond donors (Lipinski definition) is 1. The Morgan fingerprint density at radius 1 is 1.16 bits per heavy atom. The molecule has 0 aliphatic carbocycles. The van der Waals surface area contributed by atoms with Crippen molar-refractivity contribution in [2.24, 2.45) is 0 Å². The smallest absolute Gasteiger partial charge is 0.125 e. The summed E-state index contributed by atoms with van der Waals surface area (Å²) in [6.07, 6.45) is 0.886. The zero-order valence-corrected chi connectivity index (χ0v) is 11.2. The fourth-order valence-electron chi connectivity index (χ4n) is 2.13. The van der Waals surface area contributed by atoms with Crippen LogP contribution < -0.4 is 10.1 Å². The molecule has 2 aromatic rings. The molecule has 0 saturated heterocycles. The molecule has 2 aromatic carbocycles. The minimum atomic E-state index is -0.236. The molecule has 0 bridgehead atoms. The molecule has 0 aliphatic rings. The lowest BCUT2D eigenvalue weighted by atomic mass is 10.0. The van der Waals surface area contributed by atoms with Gasteiger partial charge in [0.1, 0.15) is 11.6 Å². The maximum Gasteiger partial charge on any atom is 0.125 e. The van der Waals surface area contributed by atoms with Gasteiger partial charge in [-0.2, -0.15) is 0 Å². The summed E-state index contributed by atoms with van der Waals surface area (Å²) >= 11 is 0. The van der Waals surface area contributed by atoms with Gasteiger partial charge in [-0.25, -0.2) is 4.39 Å². The summed E-state index contributed by atoms with van der Waals surface area (Å²) in [6, 6.07) is 14.5. The summed E-state index contributed by atoms with van der Waals surface area (Å²) in [5, 5.41) is 3.34. The molecule has 2 nitrogen and oxygen atoms in total. The molecule has 1 atom stereocenters. The van der Waals surface area contributed by atoms with E-state index in [-0.39, 0.29) is 11.9 Å². The van der Waals surface area contributed by atoms with Crippen LogP contribution in [0.1, 0.15) is 24.9 Å². The Bertz CT molecular complexity index is 542. The highest BCUT2D eigenvalue weighted by Crippen LogP contribution is 2.29. The Morgan fingerprint density at radius 3 is 2.63 bits per heavy atom. The first-order valence-electron chi connectivity index (χ1n) is 6.39. The molecule has 0 radical (unpaired) electrons. The lowest BCUT2D eigenvalue weighted by Crippen LogP contribution is -2.11. The molecule has 2 rings (SSSR count). The van der Waals surface area contributed by atoms with E-state index in [1.807, 2.05) is 30.3 Å². The average molecular weight is 259 g/mol. The molecule has 0 amide bonds. The van der Waals surface area contributed by atoms with E-state index in [4.69, 9.17) is 4.74 Å². The summed E-state index contributed by atoms with van der Waals surface area (Å²) in [4.78, 5) is 0. The van der Waals surface area contributed by atoms with Crippen molar-refractivity contribution in [3.05, 3.63) is 59.9 Å². The number of benzene rings is 2. The van der Waals surface area contributed by atoms with Gasteiger partial charge in [-0.1, -0.05) is 31.2 Å². The van der Waals surface area contributed by atoms with Crippen LogP contribution in [0.3, 0.4) is 0 Å². The van der Waals surface area contributed by atoms with Crippen molar-refractivity contribution >= 4 is 5.69 Å². The van der Waals surface area contributed by atoms with Crippen LogP contribution >= 0.6 is 0 Å². The van der Waals surface area contributed by atoms with Crippen LogP contribution in [0.5, 0.6) is 5.75 Å². The fraction of sp³-hybridized carbons (Fsp3) is 0.250. The van der Waals surface area contributed by atoms with Crippen molar-refractivity contribution < 1.29 is 9.13 Å². The summed E-state index contributed by atoms with van der Waals surface area (Å²) < 4.78 is 18.6. The van der Waals surface area contributed by atoms with E-state index in [0.717, 1.165) is 23.4 Å². The zero-order valence-electron chi connectivity index (χ0n) is 11.2. The molecule has 19 heavy (non-hydrogen) atoms. The van der Waals surface area contributed by atoms with Crippen LogP contribution in [0.2, 0.25) is 0 Å². The maximum atomic E-state index is 13.2. The molecule has 3 heteroatoms. The maximum absolute atomic E-state index is 13.2. The number of hydrogen-bond acceptors (Lipinski definition) is 2. The number of nitrogens with one attached hydrogen (secondary N) is 1. The largest absolute Gasteiger partial charge is 0.496 e. The van der Waals surface area contributed by atoms with E-state index in [0.29, 0.717) is 0 Å². The van der Waals surface area contributed by atoms with Crippen LogP contribution in [0, 0.1) is 5.82 Å². The van der Waals surface area contributed by atoms with Crippen molar-refractivity contribution in [1.29, 1.82) is 0 Å². The van der Waals surface area contributed by atoms with Gasteiger partial charge in [0.15, 0.2) is 0 Å². The third kappa shape index (κ3) is 3.25. The second-order valence-electron chi connectivity index (χ2n) is 4.36. The summed E-state index contributed by atoms with van der Waals surface area (Å²) in [7, 11) is 1.66. The normalized spacial score (nSPS) is 11.9. The van der Waals surface area contributed by atoms with Gasteiger partial charge in [0.2, 0.25) is 0 Å². The molecule has 1 N–H and O–H groups in total. The van der Waals surface area contributed by atoms with Crippen molar-refractivity contribution in [3.8, 4) is 5.75 Å². The topological polar surface area (TPSA) is 21.3 Å². The molecule has 100 valence electrons. The van der Waals surface area contributed by atoms with Crippen LogP contribution in [-0.2, 0) is 0 Å².